The zero-order valence-corrected chi connectivity index (χ0v) is 14.7. The number of carbonyl (C=O) groups is 1. The summed E-state index contributed by atoms with van der Waals surface area (Å²) in [7, 11) is 0. The summed E-state index contributed by atoms with van der Waals surface area (Å²) < 4.78 is 5.40. The van der Waals surface area contributed by atoms with E-state index in [1.165, 1.54) is 25.7 Å². The fraction of sp³-hybridized carbons (Fsp3) is 0.526. The molecule has 1 amide bonds. The van der Waals surface area contributed by atoms with Gasteiger partial charge in [0.05, 0.1) is 24.7 Å². The van der Waals surface area contributed by atoms with Gasteiger partial charge in [-0.3, -0.25) is 9.78 Å². The molecule has 0 unspecified atom stereocenters. The van der Waals surface area contributed by atoms with Crippen molar-refractivity contribution in [1.29, 1.82) is 0 Å². The fourth-order valence-electron chi connectivity index (χ4n) is 2.59. The molecular formula is C19H27N3O2. The Hall–Kier alpha value is -2.17. The summed E-state index contributed by atoms with van der Waals surface area (Å²) in [6.45, 7) is 5.25. The predicted molar refractivity (Wildman–Crippen MR) is 93.6 cm³/mol. The van der Waals surface area contributed by atoms with E-state index in [0.717, 1.165) is 24.3 Å². The number of amides is 1. The van der Waals surface area contributed by atoms with E-state index in [9.17, 15) is 4.79 Å². The van der Waals surface area contributed by atoms with Crippen LogP contribution in [-0.2, 0) is 6.54 Å². The number of furan rings is 1. The molecule has 0 atom stereocenters. The van der Waals surface area contributed by atoms with Gasteiger partial charge in [0.15, 0.2) is 0 Å². The topological polar surface area (TPSA) is 59.2 Å². The molecule has 130 valence electrons. The normalized spacial score (nSPS) is 10.8. The number of hydrogen-bond acceptors (Lipinski definition) is 4. The Morgan fingerprint density at radius 2 is 1.92 bits per heavy atom. The van der Waals surface area contributed by atoms with Crippen molar-refractivity contribution in [1.82, 2.24) is 14.9 Å². The highest BCUT2D eigenvalue weighted by molar-refractivity contribution is 5.91. The number of aromatic nitrogens is 2. The van der Waals surface area contributed by atoms with E-state index < -0.39 is 0 Å². The molecule has 0 aliphatic rings. The fourth-order valence-corrected chi connectivity index (χ4v) is 2.59. The second kappa shape index (κ2) is 9.85. The standard InChI is InChI=1S/C19H27N3O2/c1-3-4-5-6-7-8-11-22(15-17-10-9-12-24-17)19(23)18-14-20-16(2)13-21-18/h9-10,12-14H,3-8,11,15H2,1-2H3. The molecule has 0 spiro atoms. The summed E-state index contributed by atoms with van der Waals surface area (Å²) in [5.41, 5.74) is 1.19. The van der Waals surface area contributed by atoms with Crippen LogP contribution in [0.2, 0.25) is 0 Å². The summed E-state index contributed by atoms with van der Waals surface area (Å²) in [4.78, 5) is 22.9. The lowest BCUT2D eigenvalue weighted by Gasteiger charge is -2.21. The summed E-state index contributed by atoms with van der Waals surface area (Å²) in [5.74, 6) is 0.696. The van der Waals surface area contributed by atoms with Gasteiger partial charge in [-0.15, -0.1) is 0 Å². The molecule has 0 aromatic carbocycles. The van der Waals surface area contributed by atoms with E-state index in [-0.39, 0.29) is 5.91 Å². The molecule has 24 heavy (non-hydrogen) atoms. The number of aryl methyl sites for hydroxylation is 1. The van der Waals surface area contributed by atoms with Crippen LogP contribution in [0.15, 0.2) is 35.2 Å². The predicted octanol–water partition coefficient (Wildman–Crippen LogP) is 4.38. The highest BCUT2D eigenvalue weighted by atomic mass is 16.3. The molecule has 0 saturated heterocycles. The third-order valence-electron chi connectivity index (χ3n) is 4.00. The third kappa shape index (κ3) is 5.80. The van der Waals surface area contributed by atoms with Crippen molar-refractivity contribution in [3.63, 3.8) is 0 Å². The van der Waals surface area contributed by atoms with Gasteiger partial charge in [0, 0.05) is 12.7 Å². The Morgan fingerprint density at radius 1 is 1.12 bits per heavy atom. The van der Waals surface area contributed by atoms with E-state index in [2.05, 4.69) is 16.9 Å². The van der Waals surface area contributed by atoms with E-state index in [1.54, 1.807) is 23.6 Å². The first-order chi connectivity index (χ1) is 11.7. The second-order valence-corrected chi connectivity index (χ2v) is 6.12. The first-order valence-electron chi connectivity index (χ1n) is 8.81. The summed E-state index contributed by atoms with van der Waals surface area (Å²) >= 11 is 0. The Kier molecular flexibility index (Phi) is 7.46. The van der Waals surface area contributed by atoms with Crippen LogP contribution < -0.4 is 0 Å². The van der Waals surface area contributed by atoms with Gasteiger partial charge in [-0.05, 0) is 25.5 Å². The van der Waals surface area contributed by atoms with Crippen molar-refractivity contribution in [3.05, 3.63) is 47.9 Å². The zero-order chi connectivity index (χ0) is 17.2. The van der Waals surface area contributed by atoms with Crippen molar-refractivity contribution >= 4 is 5.91 Å². The number of nitrogens with zero attached hydrogens (tertiary/aromatic N) is 3. The first kappa shape index (κ1) is 18.2. The van der Waals surface area contributed by atoms with Gasteiger partial charge < -0.3 is 9.32 Å². The van der Waals surface area contributed by atoms with Gasteiger partial charge in [-0.25, -0.2) is 4.98 Å². The quantitative estimate of drug-likeness (QED) is 0.607. The van der Waals surface area contributed by atoms with Crippen molar-refractivity contribution in [2.24, 2.45) is 0 Å². The summed E-state index contributed by atoms with van der Waals surface area (Å²) in [6, 6.07) is 3.73. The minimum absolute atomic E-state index is 0.0903. The van der Waals surface area contributed by atoms with E-state index in [1.807, 2.05) is 19.1 Å². The maximum absolute atomic E-state index is 12.7. The zero-order valence-electron chi connectivity index (χ0n) is 14.7. The highest BCUT2D eigenvalue weighted by Crippen LogP contribution is 2.12. The Labute approximate surface area is 144 Å². The van der Waals surface area contributed by atoms with Crippen molar-refractivity contribution in [2.75, 3.05) is 6.54 Å². The van der Waals surface area contributed by atoms with Gasteiger partial charge in [0.2, 0.25) is 0 Å². The van der Waals surface area contributed by atoms with Crippen molar-refractivity contribution in [2.45, 2.75) is 58.9 Å². The minimum Gasteiger partial charge on any atom is -0.467 e. The Balaban J connectivity index is 1.94. The lowest BCUT2D eigenvalue weighted by atomic mass is 10.1. The van der Waals surface area contributed by atoms with Crippen LogP contribution in [0.1, 0.15) is 67.4 Å². The van der Waals surface area contributed by atoms with Crippen LogP contribution in [0.4, 0.5) is 0 Å². The monoisotopic (exact) mass is 329 g/mol. The Morgan fingerprint density at radius 3 is 2.58 bits per heavy atom. The SMILES string of the molecule is CCCCCCCCN(Cc1ccco1)C(=O)c1cnc(C)cn1. The maximum Gasteiger partial charge on any atom is 0.274 e. The number of carbonyl (C=O) groups excluding carboxylic acids is 1. The number of hydrogen-bond donors (Lipinski definition) is 0. The van der Waals surface area contributed by atoms with E-state index in [4.69, 9.17) is 4.42 Å². The van der Waals surface area contributed by atoms with Gasteiger partial charge >= 0.3 is 0 Å². The van der Waals surface area contributed by atoms with Crippen LogP contribution in [-0.4, -0.2) is 27.3 Å². The van der Waals surface area contributed by atoms with Crippen LogP contribution in [0.5, 0.6) is 0 Å². The number of rotatable bonds is 10. The lowest BCUT2D eigenvalue weighted by Crippen LogP contribution is -2.32. The molecule has 0 bridgehead atoms. The minimum atomic E-state index is -0.0903. The maximum atomic E-state index is 12.7. The molecule has 5 heteroatoms. The molecule has 2 aromatic rings. The molecule has 5 nitrogen and oxygen atoms in total. The molecule has 2 heterocycles. The molecule has 0 aliphatic carbocycles. The molecular weight excluding hydrogens is 302 g/mol. The molecule has 0 radical (unpaired) electrons. The Bertz CT molecular complexity index is 594. The van der Waals surface area contributed by atoms with Crippen LogP contribution >= 0.6 is 0 Å². The lowest BCUT2D eigenvalue weighted by molar-refractivity contribution is 0.0721. The largest absolute Gasteiger partial charge is 0.467 e. The van der Waals surface area contributed by atoms with Gasteiger partial charge in [0.25, 0.3) is 5.91 Å². The van der Waals surface area contributed by atoms with Crippen LogP contribution in [0.3, 0.4) is 0 Å². The number of unbranched alkanes of at least 4 members (excludes halogenated alkanes) is 5. The van der Waals surface area contributed by atoms with Crippen molar-refractivity contribution < 1.29 is 9.21 Å². The van der Waals surface area contributed by atoms with E-state index in [0.29, 0.717) is 18.8 Å². The summed E-state index contributed by atoms with van der Waals surface area (Å²) in [6.07, 6.45) is 12.0. The smallest absolute Gasteiger partial charge is 0.274 e. The molecule has 0 saturated carbocycles. The molecule has 0 fully saturated rings. The molecule has 2 aromatic heterocycles. The average molecular weight is 329 g/mol. The molecule has 0 N–H and O–H groups in total. The van der Waals surface area contributed by atoms with Crippen LogP contribution in [0, 0.1) is 6.92 Å². The molecule has 0 aliphatic heterocycles. The first-order valence-corrected chi connectivity index (χ1v) is 8.81. The highest BCUT2D eigenvalue weighted by Gasteiger charge is 2.18. The summed E-state index contributed by atoms with van der Waals surface area (Å²) in [5, 5.41) is 0. The molecule has 2 rings (SSSR count). The van der Waals surface area contributed by atoms with Crippen LogP contribution in [0.25, 0.3) is 0 Å². The average Bonchev–Trinajstić information content (AvgIpc) is 3.10. The van der Waals surface area contributed by atoms with Gasteiger partial charge in [0.1, 0.15) is 11.5 Å². The van der Waals surface area contributed by atoms with Gasteiger partial charge in [-0.2, -0.15) is 0 Å². The second-order valence-electron chi connectivity index (χ2n) is 6.12. The van der Waals surface area contributed by atoms with E-state index >= 15 is 0 Å². The van der Waals surface area contributed by atoms with Gasteiger partial charge in [-0.1, -0.05) is 39.0 Å². The van der Waals surface area contributed by atoms with Crippen molar-refractivity contribution in [3.8, 4) is 0 Å². The third-order valence-corrected chi connectivity index (χ3v) is 4.00.